The van der Waals surface area contributed by atoms with E-state index < -0.39 is 17.9 Å². The zero-order valence-corrected chi connectivity index (χ0v) is 25.8. The number of benzene rings is 1. The van der Waals surface area contributed by atoms with Gasteiger partial charge in [-0.05, 0) is 68.8 Å². The predicted molar refractivity (Wildman–Crippen MR) is 164 cm³/mol. The number of pyridine rings is 1. The number of rotatable bonds is 14. The molecule has 8 nitrogen and oxygen atoms in total. The minimum Gasteiger partial charge on any atom is -0.484 e. The van der Waals surface area contributed by atoms with E-state index in [1.54, 1.807) is 26.1 Å². The van der Waals surface area contributed by atoms with Crippen LogP contribution in [0.25, 0.3) is 0 Å². The second kappa shape index (κ2) is 22.5. The number of ether oxygens (including phenoxy) is 1. The molecule has 2 aromatic rings. The van der Waals surface area contributed by atoms with Crippen molar-refractivity contribution in [1.82, 2.24) is 19.9 Å². The molecule has 1 unspecified atom stereocenters. The normalized spacial score (nSPS) is 10.7. The molecule has 220 valence electrons. The monoisotopic (exact) mass is 570 g/mol. The van der Waals surface area contributed by atoms with Gasteiger partial charge in [-0.3, -0.25) is 14.4 Å². The molecule has 0 saturated carbocycles. The van der Waals surface area contributed by atoms with Crippen LogP contribution >= 0.6 is 11.9 Å². The molecule has 0 aliphatic heterocycles. The van der Waals surface area contributed by atoms with E-state index in [1.807, 2.05) is 47.6 Å². The number of carbonyl (C=O) groups is 3. The summed E-state index contributed by atoms with van der Waals surface area (Å²) in [5.74, 6) is 2.74. The first-order valence-electron chi connectivity index (χ1n) is 13.5. The summed E-state index contributed by atoms with van der Waals surface area (Å²) in [6.07, 6.45) is 8.27. The lowest BCUT2D eigenvalue weighted by molar-refractivity contribution is -0.129. The molecule has 0 saturated heterocycles. The Hall–Kier alpha value is -3.35. The van der Waals surface area contributed by atoms with Crippen LogP contribution in [0, 0.1) is 25.2 Å². The number of amides is 2. The molecule has 2 N–H and O–H groups in total. The number of hydrogen-bond acceptors (Lipinski definition) is 7. The number of hydrogen-bond donors (Lipinski definition) is 2. The molecule has 1 aromatic carbocycles. The summed E-state index contributed by atoms with van der Waals surface area (Å²) in [4.78, 5) is 41.1. The Morgan fingerprint density at radius 2 is 1.70 bits per heavy atom. The smallest absolute Gasteiger partial charge is 0.258 e. The first kappa shape index (κ1) is 36.6. The molecular weight excluding hydrogens is 524 g/mol. The molecule has 1 heterocycles. The number of nitrogens with one attached hydrogen (secondary N) is 2. The largest absolute Gasteiger partial charge is 0.484 e. The van der Waals surface area contributed by atoms with Crippen molar-refractivity contribution in [3.63, 3.8) is 0 Å². The number of carbonyl (C=O) groups excluding carboxylic acids is 3. The van der Waals surface area contributed by atoms with Crippen LogP contribution < -0.4 is 15.4 Å². The highest BCUT2D eigenvalue weighted by molar-refractivity contribution is 7.97. The molecule has 0 aliphatic rings. The van der Waals surface area contributed by atoms with E-state index in [0.29, 0.717) is 5.75 Å². The van der Waals surface area contributed by atoms with Crippen LogP contribution in [0.1, 0.15) is 59.9 Å². The van der Waals surface area contributed by atoms with E-state index in [-0.39, 0.29) is 25.5 Å². The highest BCUT2D eigenvalue weighted by atomic mass is 32.2. The van der Waals surface area contributed by atoms with E-state index in [2.05, 4.69) is 55.7 Å². The van der Waals surface area contributed by atoms with Crippen molar-refractivity contribution in [3.05, 3.63) is 54.2 Å². The van der Waals surface area contributed by atoms with Gasteiger partial charge in [0.2, 0.25) is 5.91 Å². The molecule has 0 fully saturated rings. The minimum absolute atomic E-state index is 0.114. The van der Waals surface area contributed by atoms with Gasteiger partial charge in [-0.2, -0.15) is 0 Å². The van der Waals surface area contributed by atoms with Gasteiger partial charge in [0.15, 0.2) is 12.4 Å². The number of nitrogens with zero attached hydrogens (tertiary/aromatic N) is 2. The number of ketones is 1. The van der Waals surface area contributed by atoms with E-state index in [4.69, 9.17) is 4.74 Å². The molecule has 40 heavy (non-hydrogen) atoms. The number of unbranched alkanes of at least 4 members (excludes halogenated alkanes) is 1. The van der Waals surface area contributed by atoms with E-state index >= 15 is 0 Å². The lowest BCUT2D eigenvalue weighted by Gasteiger charge is -2.22. The molecule has 0 aliphatic carbocycles. The fraction of sp³-hybridized carbons (Fsp3) is 0.484. The van der Waals surface area contributed by atoms with Crippen LogP contribution in [0.15, 0.2) is 53.7 Å². The van der Waals surface area contributed by atoms with E-state index in [0.717, 1.165) is 35.9 Å². The molecule has 0 bridgehead atoms. The van der Waals surface area contributed by atoms with Crippen molar-refractivity contribution < 1.29 is 19.1 Å². The third-order valence-electron chi connectivity index (χ3n) is 4.71. The van der Waals surface area contributed by atoms with Gasteiger partial charge in [-0.15, -0.1) is 12.3 Å². The van der Waals surface area contributed by atoms with Crippen molar-refractivity contribution in [3.8, 4) is 18.1 Å². The van der Waals surface area contributed by atoms with Gasteiger partial charge < -0.3 is 15.4 Å². The lowest BCUT2D eigenvalue weighted by Crippen LogP contribution is -2.46. The highest BCUT2D eigenvalue weighted by Gasteiger charge is 2.20. The van der Waals surface area contributed by atoms with Crippen molar-refractivity contribution in [1.29, 1.82) is 0 Å². The van der Waals surface area contributed by atoms with Gasteiger partial charge in [0, 0.05) is 12.7 Å². The van der Waals surface area contributed by atoms with Crippen LogP contribution in [-0.2, 0) is 14.4 Å². The standard InChI is InChI=1S/C24H32N4O4S.C4H10.C3H4/c1-4-5-14-28(33-24-12-8-9-13-25-24)16-20(29)19(3)27-22(30)15-26-23(31)17-32-21-11-7-6-10-18(21)2;1-4(2)3;1-3-2/h6-13,19H,4-5,14-17H2,1-3H3,(H,26,31)(H,27,30);4H,1-3H3;1H,2H3. The zero-order valence-electron chi connectivity index (χ0n) is 25.0. The summed E-state index contributed by atoms with van der Waals surface area (Å²) in [5.41, 5.74) is 0.921. The molecule has 2 amide bonds. The summed E-state index contributed by atoms with van der Waals surface area (Å²) in [5, 5.41) is 5.97. The topological polar surface area (TPSA) is 101 Å². The number of aromatic nitrogens is 1. The van der Waals surface area contributed by atoms with E-state index in [1.165, 1.54) is 11.9 Å². The zero-order chi connectivity index (χ0) is 30.3. The van der Waals surface area contributed by atoms with Crippen molar-refractivity contribution in [2.24, 2.45) is 5.92 Å². The van der Waals surface area contributed by atoms with Crippen molar-refractivity contribution in [2.45, 2.75) is 72.4 Å². The van der Waals surface area contributed by atoms with Crippen LogP contribution in [0.5, 0.6) is 5.75 Å². The lowest BCUT2D eigenvalue weighted by atomic mass is 10.2. The van der Waals surface area contributed by atoms with Gasteiger partial charge in [-0.25, -0.2) is 9.29 Å². The van der Waals surface area contributed by atoms with Crippen molar-refractivity contribution >= 4 is 29.5 Å². The number of Topliss-reactive ketones (excluding diaryl/α,β-unsaturated/α-hetero) is 1. The Balaban J connectivity index is 0.00000195. The van der Waals surface area contributed by atoms with Gasteiger partial charge in [0.05, 0.1) is 19.1 Å². The summed E-state index contributed by atoms with van der Waals surface area (Å²) >= 11 is 1.43. The molecule has 9 heteroatoms. The Morgan fingerprint density at radius 1 is 1.07 bits per heavy atom. The third kappa shape index (κ3) is 18.8. The summed E-state index contributed by atoms with van der Waals surface area (Å²) in [7, 11) is 0. The second-order valence-electron chi connectivity index (χ2n) is 9.58. The molecule has 1 atom stereocenters. The maximum atomic E-state index is 12.7. The molecule has 0 spiro atoms. The molecular formula is C31H46N4O4S. The van der Waals surface area contributed by atoms with Crippen LogP contribution in [0.4, 0.5) is 0 Å². The molecule has 2 rings (SSSR count). The Labute approximate surface area is 245 Å². The SMILES string of the molecule is C#CC.CC(C)C.CCCCN(CC(=O)C(C)NC(=O)CNC(=O)COc1ccccc1C)Sc1ccccn1. The molecule has 1 aromatic heterocycles. The Bertz CT molecular complexity index is 1040. The first-order valence-corrected chi connectivity index (χ1v) is 14.3. The average Bonchev–Trinajstić information content (AvgIpc) is 2.90. The number of aryl methyl sites for hydroxylation is 1. The van der Waals surface area contributed by atoms with Crippen LogP contribution in [0.2, 0.25) is 0 Å². The maximum Gasteiger partial charge on any atom is 0.258 e. The van der Waals surface area contributed by atoms with Gasteiger partial charge >= 0.3 is 0 Å². The van der Waals surface area contributed by atoms with Gasteiger partial charge in [-0.1, -0.05) is 58.4 Å². The second-order valence-corrected chi connectivity index (χ2v) is 10.7. The average molecular weight is 571 g/mol. The fourth-order valence-electron chi connectivity index (χ4n) is 2.80. The summed E-state index contributed by atoms with van der Waals surface area (Å²) in [6.45, 7) is 14.3. The summed E-state index contributed by atoms with van der Waals surface area (Å²) in [6, 6.07) is 12.3. The van der Waals surface area contributed by atoms with Crippen molar-refractivity contribution in [2.75, 3.05) is 26.2 Å². The van der Waals surface area contributed by atoms with Crippen LogP contribution in [-0.4, -0.2) is 59.2 Å². The fourth-order valence-corrected chi connectivity index (χ4v) is 3.72. The van der Waals surface area contributed by atoms with Gasteiger partial charge in [0.25, 0.3) is 5.91 Å². The summed E-state index contributed by atoms with van der Waals surface area (Å²) < 4.78 is 7.42. The first-order chi connectivity index (χ1) is 19.0. The highest BCUT2D eigenvalue weighted by Crippen LogP contribution is 2.20. The quantitative estimate of drug-likeness (QED) is 0.242. The van der Waals surface area contributed by atoms with E-state index in [9.17, 15) is 14.4 Å². The predicted octanol–water partition coefficient (Wildman–Crippen LogP) is 5.07. The molecule has 0 radical (unpaired) electrons. The third-order valence-corrected chi connectivity index (χ3v) is 5.71. The minimum atomic E-state index is -0.675. The number of para-hydroxylation sites is 1. The Kier molecular flexibility index (Phi) is 20.6. The maximum absolute atomic E-state index is 12.7. The van der Waals surface area contributed by atoms with Gasteiger partial charge in [0.1, 0.15) is 10.8 Å². The Morgan fingerprint density at radius 3 is 2.27 bits per heavy atom. The van der Waals surface area contributed by atoms with Crippen LogP contribution in [0.3, 0.4) is 0 Å². The number of terminal acetylenes is 1.